The van der Waals surface area contributed by atoms with Gasteiger partial charge in [0.15, 0.2) is 0 Å². The van der Waals surface area contributed by atoms with Crippen molar-refractivity contribution in [2.24, 2.45) is 0 Å². The molecule has 2 aromatic rings. The van der Waals surface area contributed by atoms with E-state index in [1.54, 1.807) is 7.11 Å². The summed E-state index contributed by atoms with van der Waals surface area (Å²) < 4.78 is 7.56. The number of methoxy groups -OCH3 is 1. The Morgan fingerprint density at radius 3 is 3.00 bits per heavy atom. The van der Waals surface area contributed by atoms with Gasteiger partial charge >= 0.3 is 0 Å². The molecule has 0 bridgehead atoms. The van der Waals surface area contributed by atoms with E-state index in [2.05, 4.69) is 27.4 Å². The summed E-state index contributed by atoms with van der Waals surface area (Å²) >= 11 is 6.10. The molecule has 3 rings (SSSR count). The van der Waals surface area contributed by atoms with Gasteiger partial charge in [-0.2, -0.15) is 0 Å². The second-order valence-corrected chi connectivity index (χ2v) is 5.82. The number of fused-ring (bicyclic) bond motifs is 1. The van der Waals surface area contributed by atoms with Crippen LogP contribution in [-0.4, -0.2) is 40.7 Å². The van der Waals surface area contributed by atoms with Crippen molar-refractivity contribution in [3.63, 3.8) is 0 Å². The van der Waals surface area contributed by atoms with Gasteiger partial charge in [-0.15, -0.1) is 11.6 Å². The molecule has 1 unspecified atom stereocenters. The molecule has 0 radical (unpaired) electrons. The van der Waals surface area contributed by atoms with Crippen LogP contribution in [0.25, 0.3) is 11.0 Å². The fourth-order valence-electron chi connectivity index (χ4n) is 3.32. The minimum absolute atomic E-state index is 0.440. The minimum Gasteiger partial charge on any atom is -0.497 e. The van der Waals surface area contributed by atoms with Crippen molar-refractivity contribution in [2.45, 2.75) is 38.2 Å². The zero-order chi connectivity index (χ0) is 14.8. The number of aromatic nitrogens is 2. The van der Waals surface area contributed by atoms with Gasteiger partial charge in [0.25, 0.3) is 0 Å². The topological polar surface area (TPSA) is 30.3 Å². The average molecular weight is 308 g/mol. The van der Waals surface area contributed by atoms with Crippen LogP contribution in [0.15, 0.2) is 18.2 Å². The van der Waals surface area contributed by atoms with E-state index >= 15 is 0 Å². The van der Waals surface area contributed by atoms with E-state index in [9.17, 15) is 0 Å². The van der Waals surface area contributed by atoms with Crippen LogP contribution >= 0.6 is 11.6 Å². The summed E-state index contributed by atoms with van der Waals surface area (Å²) in [7, 11) is 1.68. The second kappa shape index (κ2) is 6.24. The van der Waals surface area contributed by atoms with Crippen molar-refractivity contribution in [1.82, 2.24) is 14.5 Å². The van der Waals surface area contributed by atoms with Gasteiger partial charge in [0.05, 0.1) is 24.0 Å². The van der Waals surface area contributed by atoms with Gasteiger partial charge in [-0.05, 0) is 38.1 Å². The van der Waals surface area contributed by atoms with E-state index in [1.807, 2.05) is 12.1 Å². The van der Waals surface area contributed by atoms with Gasteiger partial charge in [-0.25, -0.2) is 4.98 Å². The normalized spacial score (nSPS) is 19.5. The molecule has 1 atom stereocenters. The Morgan fingerprint density at radius 1 is 1.43 bits per heavy atom. The number of ether oxygens (including phenoxy) is 1. The summed E-state index contributed by atoms with van der Waals surface area (Å²) in [4.78, 5) is 7.21. The molecule has 1 aromatic heterocycles. The number of halogens is 1. The Labute approximate surface area is 130 Å². The maximum Gasteiger partial charge on any atom is 0.124 e. The van der Waals surface area contributed by atoms with Crippen LogP contribution in [0.5, 0.6) is 5.75 Å². The number of likely N-dealkylation sites (tertiary alicyclic amines) is 1. The monoisotopic (exact) mass is 307 g/mol. The molecule has 0 saturated carbocycles. The van der Waals surface area contributed by atoms with Gasteiger partial charge in [0.1, 0.15) is 11.6 Å². The Kier molecular flexibility index (Phi) is 4.36. The largest absolute Gasteiger partial charge is 0.497 e. The highest BCUT2D eigenvalue weighted by Crippen LogP contribution is 2.25. The summed E-state index contributed by atoms with van der Waals surface area (Å²) in [6.45, 7) is 5.52. The predicted molar refractivity (Wildman–Crippen MR) is 86.1 cm³/mol. The lowest BCUT2D eigenvalue weighted by Crippen LogP contribution is -2.33. The second-order valence-electron chi connectivity index (χ2n) is 5.55. The molecule has 0 amide bonds. The van der Waals surface area contributed by atoms with Gasteiger partial charge < -0.3 is 9.30 Å². The molecular weight excluding hydrogens is 286 g/mol. The maximum atomic E-state index is 6.10. The van der Waals surface area contributed by atoms with Crippen molar-refractivity contribution in [2.75, 3.05) is 20.2 Å². The first-order valence-corrected chi connectivity index (χ1v) is 8.13. The molecule has 0 spiro atoms. The Hall–Kier alpha value is -1.26. The van der Waals surface area contributed by atoms with Crippen molar-refractivity contribution < 1.29 is 4.74 Å². The number of hydrogen-bond donors (Lipinski definition) is 0. The average Bonchev–Trinajstić information content (AvgIpc) is 3.11. The van der Waals surface area contributed by atoms with Crippen LogP contribution in [0.4, 0.5) is 0 Å². The lowest BCUT2D eigenvalue weighted by atomic mass is 10.2. The lowest BCUT2D eigenvalue weighted by molar-refractivity contribution is 0.245. The van der Waals surface area contributed by atoms with Gasteiger partial charge in [-0.1, -0.05) is 6.92 Å². The third-order valence-electron chi connectivity index (χ3n) is 4.45. The quantitative estimate of drug-likeness (QED) is 0.794. The Morgan fingerprint density at radius 2 is 2.29 bits per heavy atom. The lowest BCUT2D eigenvalue weighted by Gasteiger charge is -2.24. The molecule has 114 valence electrons. The first-order valence-electron chi connectivity index (χ1n) is 7.60. The van der Waals surface area contributed by atoms with Crippen LogP contribution in [0.3, 0.4) is 0 Å². The maximum absolute atomic E-state index is 6.10. The van der Waals surface area contributed by atoms with E-state index in [4.69, 9.17) is 16.3 Å². The van der Waals surface area contributed by atoms with E-state index in [-0.39, 0.29) is 0 Å². The number of imidazole rings is 1. The van der Waals surface area contributed by atoms with Crippen molar-refractivity contribution in [3.8, 4) is 5.75 Å². The third-order valence-corrected chi connectivity index (χ3v) is 4.69. The van der Waals surface area contributed by atoms with Crippen LogP contribution in [0.1, 0.15) is 25.6 Å². The van der Waals surface area contributed by atoms with Crippen LogP contribution in [0, 0.1) is 0 Å². The summed E-state index contributed by atoms with van der Waals surface area (Å²) in [6, 6.07) is 6.65. The summed E-state index contributed by atoms with van der Waals surface area (Å²) in [6.07, 6.45) is 2.54. The van der Waals surface area contributed by atoms with E-state index in [0.717, 1.165) is 35.7 Å². The summed E-state index contributed by atoms with van der Waals surface area (Å²) in [5.41, 5.74) is 2.11. The molecule has 0 N–H and O–H groups in total. The van der Waals surface area contributed by atoms with E-state index < -0.39 is 0 Å². The fraction of sp³-hybridized carbons (Fsp3) is 0.562. The fourth-order valence-corrected chi connectivity index (χ4v) is 3.53. The van der Waals surface area contributed by atoms with Crippen LogP contribution in [0.2, 0.25) is 0 Å². The molecule has 1 saturated heterocycles. The van der Waals surface area contributed by atoms with Crippen molar-refractivity contribution in [1.29, 1.82) is 0 Å². The highest BCUT2D eigenvalue weighted by molar-refractivity contribution is 6.16. The van der Waals surface area contributed by atoms with Crippen molar-refractivity contribution >= 4 is 22.6 Å². The molecule has 1 aliphatic rings. The zero-order valence-electron chi connectivity index (χ0n) is 12.7. The van der Waals surface area contributed by atoms with Crippen LogP contribution in [-0.2, 0) is 12.4 Å². The zero-order valence-corrected chi connectivity index (χ0v) is 13.4. The Bertz CT molecular complexity index is 625. The number of benzene rings is 1. The first kappa shape index (κ1) is 14.7. The molecule has 0 aliphatic carbocycles. The smallest absolute Gasteiger partial charge is 0.124 e. The van der Waals surface area contributed by atoms with E-state index in [1.165, 1.54) is 19.4 Å². The highest BCUT2D eigenvalue weighted by atomic mass is 35.5. The molecular formula is C16H22ClN3O. The SMILES string of the molecule is CCN1CCCC1Cn1c(CCl)nc2cc(OC)ccc21. The summed E-state index contributed by atoms with van der Waals surface area (Å²) in [5, 5.41) is 0. The number of alkyl halides is 1. The number of nitrogens with zero attached hydrogens (tertiary/aromatic N) is 3. The standard InChI is InChI=1S/C16H22ClN3O/c1-3-19-8-4-5-12(19)11-20-15-7-6-13(21-2)9-14(15)18-16(20)10-17/h6-7,9,12H,3-5,8,10-11H2,1-2H3. The first-order chi connectivity index (χ1) is 10.3. The predicted octanol–water partition coefficient (Wildman–Crippen LogP) is 3.27. The van der Waals surface area contributed by atoms with E-state index in [0.29, 0.717) is 11.9 Å². The highest BCUT2D eigenvalue weighted by Gasteiger charge is 2.25. The molecule has 5 heteroatoms. The third kappa shape index (κ3) is 2.74. The molecule has 1 aliphatic heterocycles. The van der Waals surface area contributed by atoms with Gasteiger partial charge in [-0.3, -0.25) is 4.90 Å². The van der Waals surface area contributed by atoms with Gasteiger partial charge in [0, 0.05) is 18.7 Å². The number of hydrogen-bond acceptors (Lipinski definition) is 3. The number of rotatable bonds is 5. The molecule has 1 aromatic carbocycles. The van der Waals surface area contributed by atoms with Crippen molar-refractivity contribution in [3.05, 3.63) is 24.0 Å². The Balaban J connectivity index is 1.96. The van der Waals surface area contributed by atoms with Crippen LogP contribution < -0.4 is 4.74 Å². The molecule has 4 nitrogen and oxygen atoms in total. The minimum atomic E-state index is 0.440. The molecule has 2 heterocycles. The molecule has 1 fully saturated rings. The number of likely N-dealkylation sites (N-methyl/N-ethyl adjacent to an activating group) is 1. The van der Waals surface area contributed by atoms with Gasteiger partial charge in [0.2, 0.25) is 0 Å². The summed E-state index contributed by atoms with van der Waals surface area (Å²) in [5.74, 6) is 2.22. The molecule has 21 heavy (non-hydrogen) atoms.